The maximum Gasteiger partial charge on any atom is -0.00540 e. The van der Waals surface area contributed by atoms with Gasteiger partial charge in [0.1, 0.15) is 0 Å². The van der Waals surface area contributed by atoms with Gasteiger partial charge in [-0.3, -0.25) is 0 Å². The topological polar surface area (TPSA) is 0 Å². The summed E-state index contributed by atoms with van der Waals surface area (Å²) in [5, 5.41) is 0. The summed E-state index contributed by atoms with van der Waals surface area (Å²) in [7, 11) is 0. The van der Waals surface area contributed by atoms with Crippen LogP contribution in [-0.2, 0) is 0 Å². The zero-order valence-electron chi connectivity index (χ0n) is 10.9. The summed E-state index contributed by atoms with van der Waals surface area (Å²) in [6, 6.07) is 0. The quantitative estimate of drug-likeness (QED) is 0.546. The van der Waals surface area contributed by atoms with Gasteiger partial charge >= 0.3 is 0 Å². The minimum atomic E-state index is 0.487. The molecule has 0 aromatic carbocycles. The lowest BCUT2D eigenvalue weighted by molar-refractivity contribution is 0.452. The summed E-state index contributed by atoms with van der Waals surface area (Å²) in [5.74, 6) is 1.75. The lowest BCUT2D eigenvalue weighted by Crippen LogP contribution is -2.09. The summed E-state index contributed by atoms with van der Waals surface area (Å²) in [6.45, 7) is 15.1. The van der Waals surface area contributed by atoms with Gasteiger partial charge in [0.25, 0.3) is 0 Å². The van der Waals surface area contributed by atoms with Crippen molar-refractivity contribution in [2.75, 3.05) is 0 Å². The Hall–Kier alpha value is -1.04. The Bertz CT molecular complexity index is 315. The van der Waals surface area contributed by atoms with E-state index in [0.717, 1.165) is 12.8 Å². The lowest BCUT2D eigenvalue weighted by Gasteiger charge is -2.21. The molecule has 0 heteroatoms. The van der Waals surface area contributed by atoms with Crippen LogP contribution in [0.25, 0.3) is 0 Å². The first-order valence-corrected chi connectivity index (χ1v) is 6.21. The highest BCUT2D eigenvalue weighted by Crippen LogP contribution is 2.27. The minimum Gasteiger partial charge on any atom is -0.0993 e. The van der Waals surface area contributed by atoms with Gasteiger partial charge in [0, 0.05) is 0 Å². The molecule has 0 nitrogen and oxygen atoms in total. The molecule has 0 aliphatic heterocycles. The number of allylic oxidation sites excluding steroid dienone is 6. The smallest absolute Gasteiger partial charge is 0.00540 e. The minimum absolute atomic E-state index is 0.487. The molecule has 0 aromatic heterocycles. The molecule has 0 spiro atoms. The predicted molar refractivity (Wildman–Crippen MR) is 73.3 cm³/mol. The lowest BCUT2D eigenvalue weighted by atomic mass is 9.84. The predicted octanol–water partition coefficient (Wildman–Crippen LogP) is 4.91. The number of rotatable bonds is 1. The monoisotopic (exact) mass is 216 g/mol. The summed E-state index contributed by atoms with van der Waals surface area (Å²) in [4.78, 5) is 0. The van der Waals surface area contributed by atoms with Crippen molar-refractivity contribution in [1.29, 1.82) is 0 Å². The van der Waals surface area contributed by atoms with Crippen molar-refractivity contribution in [3.8, 4) is 0 Å². The van der Waals surface area contributed by atoms with E-state index in [1.54, 1.807) is 0 Å². The van der Waals surface area contributed by atoms with E-state index in [1.807, 2.05) is 0 Å². The number of hydrogen-bond donors (Lipinski definition) is 0. The molecule has 0 bridgehead atoms. The van der Waals surface area contributed by atoms with Gasteiger partial charge in [-0.05, 0) is 30.6 Å². The van der Waals surface area contributed by atoms with Gasteiger partial charge in [0.15, 0.2) is 0 Å². The van der Waals surface area contributed by atoms with Crippen molar-refractivity contribution in [2.24, 2.45) is 17.8 Å². The third-order valence-corrected chi connectivity index (χ3v) is 3.38. The first-order valence-electron chi connectivity index (χ1n) is 6.21. The normalized spacial score (nSPS) is 27.5. The van der Waals surface area contributed by atoms with Crippen LogP contribution in [0.3, 0.4) is 0 Å². The van der Waals surface area contributed by atoms with E-state index in [9.17, 15) is 0 Å². The third-order valence-electron chi connectivity index (χ3n) is 3.38. The molecule has 0 saturated carbocycles. The van der Waals surface area contributed by atoms with E-state index < -0.39 is 0 Å². The molecular formula is C16H24. The van der Waals surface area contributed by atoms with Gasteiger partial charge in [-0.2, -0.15) is 0 Å². The molecule has 16 heavy (non-hydrogen) atoms. The zero-order valence-corrected chi connectivity index (χ0v) is 10.9. The zero-order chi connectivity index (χ0) is 12.1. The van der Waals surface area contributed by atoms with Gasteiger partial charge in [-0.1, -0.05) is 69.4 Å². The molecule has 0 fully saturated rings. The van der Waals surface area contributed by atoms with Gasteiger partial charge in [0.05, 0.1) is 0 Å². The van der Waals surface area contributed by atoms with Crippen LogP contribution in [-0.4, -0.2) is 0 Å². The van der Waals surface area contributed by atoms with Crippen molar-refractivity contribution in [1.82, 2.24) is 0 Å². The molecule has 0 saturated heterocycles. The summed E-state index contributed by atoms with van der Waals surface area (Å²) < 4.78 is 0. The molecule has 88 valence electrons. The average molecular weight is 216 g/mol. The molecule has 0 heterocycles. The van der Waals surface area contributed by atoms with Crippen molar-refractivity contribution < 1.29 is 0 Å². The van der Waals surface area contributed by atoms with Crippen LogP contribution in [0.1, 0.15) is 33.6 Å². The van der Waals surface area contributed by atoms with Crippen LogP contribution >= 0.6 is 0 Å². The fourth-order valence-corrected chi connectivity index (χ4v) is 1.90. The van der Waals surface area contributed by atoms with Crippen molar-refractivity contribution in [2.45, 2.75) is 33.6 Å². The molecule has 0 radical (unpaired) electrons. The fraction of sp³-hybridized carbons (Fsp3) is 0.500. The Balaban J connectivity index is 2.86. The summed E-state index contributed by atoms with van der Waals surface area (Å²) in [6.07, 6.45) is 11.0. The van der Waals surface area contributed by atoms with Crippen LogP contribution < -0.4 is 0 Å². The second-order valence-corrected chi connectivity index (χ2v) is 5.21. The van der Waals surface area contributed by atoms with E-state index >= 15 is 0 Å². The van der Waals surface area contributed by atoms with Gasteiger partial charge in [0.2, 0.25) is 0 Å². The maximum absolute atomic E-state index is 4.21. The molecule has 1 rings (SSSR count). The molecule has 2 atom stereocenters. The van der Waals surface area contributed by atoms with Gasteiger partial charge < -0.3 is 0 Å². The Morgan fingerprint density at radius 2 is 1.94 bits per heavy atom. The van der Waals surface area contributed by atoms with Gasteiger partial charge in [-0.25, -0.2) is 0 Å². The van der Waals surface area contributed by atoms with E-state index in [4.69, 9.17) is 0 Å². The standard InChI is InChI=1S/C16H24/c1-12(2)16-10-9-13(3)7-6-8-14(4)15(5)11-16/h6,8-10,12,14,16H,3,5,7,11H2,1-2,4H3. The second kappa shape index (κ2) is 5.89. The van der Waals surface area contributed by atoms with Crippen LogP contribution in [0, 0.1) is 17.8 Å². The van der Waals surface area contributed by atoms with Crippen molar-refractivity contribution in [3.05, 3.63) is 48.6 Å². The Labute approximate surface area is 100 Å². The van der Waals surface area contributed by atoms with Crippen LogP contribution in [0.5, 0.6) is 0 Å². The molecule has 1 aliphatic carbocycles. The average Bonchev–Trinajstić information content (AvgIpc) is 2.22. The summed E-state index contributed by atoms with van der Waals surface area (Å²) in [5.41, 5.74) is 2.54. The van der Waals surface area contributed by atoms with E-state index in [1.165, 1.54) is 11.1 Å². The summed E-state index contributed by atoms with van der Waals surface area (Å²) >= 11 is 0. The highest BCUT2D eigenvalue weighted by atomic mass is 14.2. The highest BCUT2D eigenvalue weighted by Gasteiger charge is 2.14. The molecule has 0 N–H and O–H groups in total. The Morgan fingerprint density at radius 3 is 2.56 bits per heavy atom. The second-order valence-electron chi connectivity index (χ2n) is 5.21. The molecule has 1 aliphatic rings. The molecule has 2 unspecified atom stereocenters. The Kier molecular flexibility index (Phi) is 4.79. The van der Waals surface area contributed by atoms with E-state index in [2.05, 4.69) is 58.2 Å². The van der Waals surface area contributed by atoms with Crippen LogP contribution in [0.4, 0.5) is 0 Å². The Morgan fingerprint density at radius 1 is 1.25 bits per heavy atom. The largest absolute Gasteiger partial charge is 0.0993 e. The van der Waals surface area contributed by atoms with Crippen molar-refractivity contribution in [3.63, 3.8) is 0 Å². The SMILES string of the molecule is C=C1C=CC(C(C)C)CC(=C)C(C)C=CC1. The molecule has 0 aromatic rings. The first-order chi connectivity index (χ1) is 7.50. The first kappa shape index (κ1) is 13.0. The molecule has 0 amide bonds. The number of hydrogen-bond acceptors (Lipinski definition) is 0. The highest BCUT2D eigenvalue weighted by molar-refractivity contribution is 5.22. The van der Waals surface area contributed by atoms with Gasteiger partial charge in [-0.15, -0.1) is 0 Å². The molecular weight excluding hydrogens is 192 g/mol. The van der Waals surface area contributed by atoms with Crippen molar-refractivity contribution >= 4 is 0 Å². The fourth-order valence-electron chi connectivity index (χ4n) is 1.90. The van der Waals surface area contributed by atoms with E-state index in [0.29, 0.717) is 17.8 Å². The van der Waals surface area contributed by atoms with E-state index in [-0.39, 0.29) is 0 Å². The maximum atomic E-state index is 4.21. The van der Waals surface area contributed by atoms with Crippen LogP contribution in [0.15, 0.2) is 48.6 Å². The third kappa shape index (κ3) is 3.84. The van der Waals surface area contributed by atoms with Crippen LogP contribution in [0.2, 0.25) is 0 Å².